The van der Waals surface area contributed by atoms with Gasteiger partial charge in [-0.15, -0.1) is 0 Å². The second-order valence-electron chi connectivity index (χ2n) is 5.98. The van der Waals surface area contributed by atoms with Crippen LogP contribution in [0, 0.1) is 0 Å². The lowest BCUT2D eigenvalue weighted by molar-refractivity contribution is -0.122. The summed E-state index contributed by atoms with van der Waals surface area (Å²) in [6.07, 6.45) is 0.917. The van der Waals surface area contributed by atoms with Gasteiger partial charge in [0, 0.05) is 13.0 Å². The molecular formula is C21H25N3O4S. The number of para-hydroxylation sites is 1. The van der Waals surface area contributed by atoms with Crippen molar-refractivity contribution in [1.29, 1.82) is 0 Å². The third-order valence-electron chi connectivity index (χ3n) is 3.84. The van der Waals surface area contributed by atoms with Gasteiger partial charge in [-0.3, -0.25) is 25.8 Å². The number of hydrazine groups is 1. The fourth-order valence-electron chi connectivity index (χ4n) is 2.40. The second kappa shape index (κ2) is 12.5. The van der Waals surface area contributed by atoms with Crippen LogP contribution in [0.25, 0.3) is 0 Å². The predicted octanol–water partition coefficient (Wildman–Crippen LogP) is 2.37. The molecule has 0 atom stereocenters. The average molecular weight is 416 g/mol. The molecule has 2 aromatic carbocycles. The van der Waals surface area contributed by atoms with Crippen molar-refractivity contribution in [2.45, 2.75) is 19.8 Å². The van der Waals surface area contributed by atoms with Crippen LogP contribution in [-0.4, -0.2) is 36.7 Å². The molecule has 0 aliphatic carbocycles. The normalized spacial score (nSPS) is 10.1. The van der Waals surface area contributed by atoms with Crippen molar-refractivity contribution in [2.75, 3.05) is 19.8 Å². The first-order chi connectivity index (χ1) is 14.1. The number of hydrogen-bond acceptors (Lipinski definition) is 5. The number of carbonyl (C=O) groups excluding carboxylic acids is 2. The maximum absolute atomic E-state index is 12.5. The molecular weight excluding hydrogens is 390 g/mol. The summed E-state index contributed by atoms with van der Waals surface area (Å²) in [5.74, 6) is -0.259. The van der Waals surface area contributed by atoms with Crippen LogP contribution in [0.4, 0.5) is 0 Å². The summed E-state index contributed by atoms with van der Waals surface area (Å²) in [6.45, 7) is 3.15. The third-order valence-corrected chi connectivity index (χ3v) is 4.05. The van der Waals surface area contributed by atoms with Gasteiger partial charge in [0.1, 0.15) is 5.75 Å². The number of hydrogen-bond donors (Lipinski definition) is 3. The molecule has 3 N–H and O–H groups in total. The smallest absolute Gasteiger partial charge is 0.261 e. The molecule has 0 aliphatic rings. The summed E-state index contributed by atoms with van der Waals surface area (Å²) >= 11 is 5.05. The van der Waals surface area contributed by atoms with E-state index < -0.39 is 5.91 Å². The van der Waals surface area contributed by atoms with E-state index in [1.54, 1.807) is 24.3 Å². The quantitative estimate of drug-likeness (QED) is 0.331. The van der Waals surface area contributed by atoms with Crippen molar-refractivity contribution in [3.63, 3.8) is 0 Å². The van der Waals surface area contributed by atoms with Gasteiger partial charge < -0.3 is 9.47 Å². The Bertz CT molecular complexity index is 815. The number of ether oxygens (including phenoxy) is 2. The van der Waals surface area contributed by atoms with Gasteiger partial charge in [-0.2, -0.15) is 0 Å². The zero-order valence-electron chi connectivity index (χ0n) is 16.3. The monoisotopic (exact) mass is 415 g/mol. The standard InChI is InChI=1S/C21H25N3O4S/c1-2-27-14-13-19(25)23-24-21(29)22-20(26)17-10-6-7-11-18(17)28-15-12-16-8-4-3-5-9-16/h3-11H,2,12-15H2,1H3,(H,23,25)(H2,22,24,26,29). The number of thiocarbonyl (C=S) groups is 1. The third kappa shape index (κ3) is 8.28. The first-order valence-corrected chi connectivity index (χ1v) is 9.74. The molecule has 2 amide bonds. The maximum Gasteiger partial charge on any atom is 0.261 e. The maximum atomic E-state index is 12.5. The van der Waals surface area contributed by atoms with Crippen LogP contribution >= 0.6 is 12.2 Å². The predicted molar refractivity (Wildman–Crippen MR) is 115 cm³/mol. The first-order valence-electron chi connectivity index (χ1n) is 9.33. The minimum absolute atomic E-state index is 0.0150. The van der Waals surface area contributed by atoms with Crippen LogP contribution in [-0.2, 0) is 16.0 Å². The lowest BCUT2D eigenvalue weighted by atomic mass is 10.1. The Labute approximate surface area is 175 Å². The van der Waals surface area contributed by atoms with E-state index in [-0.39, 0.29) is 17.4 Å². The van der Waals surface area contributed by atoms with E-state index in [0.29, 0.717) is 31.1 Å². The molecule has 0 aromatic heterocycles. The minimum atomic E-state index is -0.429. The molecule has 0 saturated carbocycles. The molecule has 0 spiro atoms. The van der Waals surface area contributed by atoms with Crippen molar-refractivity contribution >= 4 is 29.1 Å². The summed E-state index contributed by atoms with van der Waals surface area (Å²) in [7, 11) is 0. The zero-order chi connectivity index (χ0) is 20.9. The SMILES string of the molecule is CCOCCC(=O)NNC(=S)NC(=O)c1ccccc1OCCc1ccccc1. The summed E-state index contributed by atoms with van der Waals surface area (Å²) in [5.41, 5.74) is 6.41. The number of carbonyl (C=O) groups is 2. The highest BCUT2D eigenvalue weighted by atomic mass is 32.1. The minimum Gasteiger partial charge on any atom is -0.492 e. The van der Waals surface area contributed by atoms with Gasteiger partial charge >= 0.3 is 0 Å². The highest BCUT2D eigenvalue weighted by Gasteiger charge is 2.14. The van der Waals surface area contributed by atoms with Crippen LogP contribution in [0.3, 0.4) is 0 Å². The fraction of sp³-hybridized carbons (Fsp3) is 0.286. The Hall–Kier alpha value is -2.97. The second-order valence-corrected chi connectivity index (χ2v) is 6.39. The molecule has 2 rings (SSSR count). The molecule has 0 radical (unpaired) electrons. The van der Waals surface area contributed by atoms with E-state index in [2.05, 4.69) is 16.2 Å². The van der Waals surface area contributed by atoms with E-state index in [0.717, 1.165) is 12.0 Å². The van der Waals surface area contributed by atoms with Crippen LogP contribution in [0.5, 0.6) is 5.75 Å². The van der Waals surface area contributed by atoms with E-state index >= 15 is 0 Å². The average Bonchev–Trinajstić information content (AvgIpc) is 2.73. The lowest BCUT2D eigenvalue weighted by Gasteiger charge is -2.13. The summed E-state index contributed by atoms with van der Waals surface area (Å²) in [5, 5.41) is 2.51. The van der Waals surface area contributed by atoms with Crippen LogP contribution in [0.15, 0.2) is 54.6 Å². The van der Waals surface area contributed by atoms with Crippen molar-refractivity contribution < 1.29 is 19.1 Å². The highest BCUT2D eigenvalue weighted by molar-refractivity contribution is 7.80. The molecule has 29 heavy (non-hydrogen) atoms. The summed E-state index contributed by atoms with van der Waals surface area (Å²) in [4.78, 5) is 24.1. The van der Waals surface area contributed by atoms with Gasteiger partial charge in [0.2, 0.25) is 5.91 Å². The molecule has 154 valence electrons. The zero-order valence-corrected chi connectivity index (χ0v) is 17.1. The highest BCUT2D eigenvalue weighted by Crippen LogP contribution is 2.18. The Kier molecular flexibility index (Phi) is 9.61. The van der Waals surface area contributed by atoms with Crippen molar-refractivity contribution in [3.8, 4) is 5.75 Å². The Morgan fingerprint density at radius 3 is 2.45 bits per heavy atom. The molecule has 0 saturated heterocycles. The first kappa shape index (κ1) is 22.3. The summed E-state index contributed by atoms with van der Waals surface area (Å²) < 4.78 is 10.9. The molecule has 0 unspecified atom stereocenters. The Morgan fingerprint density at radius 1 is 0.966 bits per heavy atom. The fourth-order valence-corrected chi connectivity index (χ4v) is 2.55. The molecule has 8 heteroatoms. The van der Waals surface area contributed by atoms with E-state index in [4.69, 9.17) is 21.7 Å². The number of nitrogens with one attached hydrogen (secondary N) is 3. The van der Waals surface area contributed by atoms with Gasteiger partial charge in [0.05, 0.1) is 25.2 Å². The van der Waals surface area contributed by atoms with Crippen molar-refractivity contribution in [3.05, 3.63) is 65.7 Å². The molecule has 7 nitrogen and oxygen atoms in total. The van der Waals surface area contributed by atoms with Crippen LogP contribution < -0.4 is 20.9 Å². The number of amides is 2. The van der Waals surface area contributed by atoms with E-state index in [1.807, 2.05) is 37.3 Å². The van der Waals surface area contributed by atoms with Gasteiger partial charge in [0.25, 0.3) is 5.91 Å². The van der Waals surface area contributed by atoms with Gasteiger partial charge in [0.15, 0.2) is 5.11 Å². The van der Waals surface area contributed by atoms with E-state index in [1.165, 1.54) is 0 Å². The van der Waals surface area contributed by atoms with Crippen molar-refractivity contribution in [1.82, 2.24) is 16.2 Å². The van der Waals surface area contributed by atoms with Crippen LogP contribution in [0.1, 0.15) is 29.3 Å². The van der Waals surface area contributed by atoms with Crippen molar-refractivity contribution in [2.24, 2.45) is 0 Å². The Balaban J connectivity index is 1.82. The van der Waals surface area contributed by atoms with Gasteiger partial charge in [-0.05, 0) is 36.8 Å². The van der Waals surface area contributed by atoms with Gasteiger partial charge in [-0.25, -0.2) is 0 Å². The molecule has 2 aromatic rings. The summed E-state index contributed by atoms with van der Waals surface area (Å²) in [6, 6.07) is 16.9. The molecule has 0 bridgehead atoms. The molecule has 0 heterocycles. The lowest BCUT2D eigenvalue weighted by Crippen LogP contribution is -2.48. The molecule has 0 fully saturated rings. The van der Waals surface area contributed by atoms with Crippen LogP contribution in [0.2, 0.25) is 0 Å². The topological polar surface area (TPSA) is 88.7 Å². The molecule has 0 aliphatic heterocycles. The van der Waals surface area contributed by atoms with Gasteiger partial charge in [-0.1, -0.05) is 42.5 Å². The Morgan fingerprint density at radius 2 is 1.69 bits per heavy atom. The number of rotatable bonds is 9. The number of benzene rings is 2. The largest absolute Gasteiger partial charge is 0.492 e. The van der Waals surface area contributed by atoms with E-state index in [9.17, 15) is 9.59 Å².